The van der Waals surface area contributed by atoms with Crippen LogP contribution in [-0.4, -0.2) is 36.6 Å². The van der Waals surface area contributed by atoms with E-state index in [0.29, 0.717) is 36.3 Å². The highest BCUT2D eigenvalue weighted by Gasteiger charge is 2.29. The zero-order chi connectivity index (χ0) is 14.8. The van der Waals surface area contributed by atoms with Crippen LogP contribution in [-0.2, 0) is 11.3 Å². The third-order valence-electron chi connectivity index (χ3n) is 3.94. The Bertz CT molecular complexity index is 550. The minimum absolute atomic E-state index is 0.181. The highest BCUT2D eigenvalue weighted by atomic mass is 35.5. The van der Waals surface area contributed by atoms with Crippen LogP contribution in [0.1, 0.15) is 24.8 Å². The molecule has 1 fully saturated rings. The fourth-order valence-corrected chi connectivity index (χ4v) is 3.24. The second-order valence-electron chi connectivity index (χ2n) is 5.49. The molecule has 0 bridgehead atoms. The lowest BCUT2D eigenvalue weighted by Gasteiger charge is -2.22. The average Bonchev–Trinajstić information content (AvgIpc) is 2.76. The lowest BCUT2D eigenvalue weighted by Crippen LogP contribution is -2.39. The Morgan fingerprint density at radius 3 is 2.95 bits per heavy atom. The molecule has 6 heteroatoms. The molecule has 0 radical (unpaired) electrons. The van der Waals surface area contributed by atoms with Gasteiger partial charge in [-0.15, -0.1) is 0 Å². The molecule has 0 aromatic heterocycles. The summed E-state index contributed by atoms with van der Waals surface area (Å²) in [6.07, 6.45) is 2.66. The van der Waals surface area contributed by atoms with E-state index in [4.69, 9.17) is 26.8 Å². The van der Waals surface area contributed by atoms with Gasteiger partial charge in [0.1, 0.15) is 0 Å². The maximum Gasteiger partial charge on any atom is 0.234 e. The molecule has 3 rings (SSSR count). The molecule has 114 valence electrons. The molecule has 0 unspecified atom stereocenters. The molecule has 2 aliphatic rings. The highest BCUT2D eigenvalue weighted by molar-refractivity contribution is 6.32. The van der Waals surface area contributed by atoms with Gasteiger partial charge in [-0.25, -0.2) is 0 Å². The van der Waals surface area contributed by atoms with Gasteiger partial charge in [-0.3, -0.25) is 9.69 Å². The van der Waals surface area contributed by atoms with Gasteiger partial charge in [-0.05, 0) is 37.1 Å². The number of nitrogens with two attached hydrogens (primary N) is 1. The van der Waals surface area contributed by atoms with Crippen LogP contribution in [0, 0.1) is 0 Å². The van der Waals surface area contributed by atoms with Crippen molar-refractivity contribution >= 4 is 17.5 Å². The molecule has 2 aliphatic heterocycles. The van der Waals surface area contributed by atoms with Crippen LogP contribution in [0.25, 0.3) is 0 Å². The molecule has 0 aliphatic carbocycles. The Morgan fingerprint density at radius 2 is 2.14 bits per heavy atom. The Morgan fingerprint density at radius 1 is 1.33 bits per heavy atom. The first-order valence-electron chi connectivity index (χ1n) is 7.26. The Kier molecular flexibility index (Phi) is 4.22. The summed E-state index contributed by atoms with van der Waals surface area (Å²) in [5, 5.41) is 0.555. The number of primary amides is 1. The summed E-state index contributed by atoms with van der Waals surface area (Å²) in [4.78, 5) is 13.6. The first-order chi connectivity index (χ1) is 10.1. The second-order valence-corrected chi connectivity index (χ2v) is 5.89. The summed E-state index contributed by atoms with van der Waals surface area (Å²) >= 11 is 6.29. The third-order valence-corrected chi connectivity index (χ3v) is 4.22. The predicted molar refractivity (Wildman–Crippen MR) is 79.7 cm³/mol. The molecule has 2 N–H and O–H groups in total. The summed E-state index contributed by atoms with van der Waals surface area (Å²) in [5.74, 6) is 1.04. The summed E-state index contributed by atoms with van der Waals surface area (Å²) in [5.41, 5.74) is 6.46. The number of benzene rings is 1. The van der Waals surface area contributed by atoms with Crippen LogP contribution in [0.2, 0.25) is 5.02 Å². The maximum atomic E-state index is 11.5. The largest absolute Gasteiger partial charge is 0.489 e. The number of amides is 1. The average molecular weight is 311 g/mol. The Balaban J connectivity index is 1.81. The highest BCUT2D eigenvalue weighted by Crippen LogP contribution is 2.38. The molecule has 2 heterocycles. The summed E-state index contributed by atoms with van der Waals surface area (Å²) in [7, 11) is 0. The van der Waals surface area contributed by atoms with Gasteiger partial charge in [0, 0.05) is 13.0 Å². The molecule has 5 nitrogen and oxygen atoms in total. The van der Waals surface area contributed by atoms with Crippen molar-refractivity contribution in [2.45, 2.75) is 31.8 Å². The predicted octanol–water partition coefficient (Wildman–Crippen LogP) is 1.95. The summed E-state index contributed by atoms with van der Waals surface area (Å²) in [6, 6.07) is 3.65. The molecule has 1 aromatic rings. The lowest BCUT2D eigenvalue weighted by molar-refractivity contribution is -0.122. The van der Waals surface area contributed by atoms with Gasteiger partial charge in [0.2, 0.25) is 5.91 Å². The van der Waals surface area contributed by atoms with E-state index in [1.165, 1.54) is 0 Å². The van der Waals surface area contributed by atoms with Gasteiger partial charge in [0.25, 0.3) is 0 Å². The maximum absolute atomic E-state index is 11.5. The number of likely N-dealkylation sites (tertiary alicyclic amines) is 1. The number of nitrogens with zero attached hydrogens (tertiary/aromatic N) is 1. The van der Waals surface area contributed by atoms with Crippen molar-refractivity contribution in [1.82, 2.24) is 4.90 Å². The molecule has 1 saturated heterocycles. The molecule has 1 aromatic carbocycles. The van der Waals surface area contributed by atoms with Crippen LogP contribution in [0.5, 0.6) is 11.5 Å². The monoisotopic (exact) mass is 310 g/mol. The van der Waals surface area contributed by atoms with E-state index in [1.54, 1.807) is 0 Å². The summed E-state index contributed by atoms with van der Waals surface area (Å²) in [6.45, 7) is 2.76. The number of hydrogen-bond acceptors (Lipinski definition) is 4. The normalized spacial score (nSPS) is 22.0. The van der Waals surface area contributed by atoms with E-state index >= 15 is 0 Å². The quantitative estimate of drug-likeness (QED) is 0.927. The SMILES string of the molecule is NC(=O)[C@@H]1CCCN1Cc1cc(Cl)c2c(c1)OCCCO2. The van der Waals surface area contributed by atoms with Crippen molar-refractivity contribution in [3.05, 3.63) is 22.7 Å². The van der Waals surface area contributed by atoms with Gasteiger partial charge >= 0.3 is 0 Å². The lowest BCUT2D eigenvalue weighted by atomic mass is 10.1. The molecular formula is C15H19ClN2O3. The molecule has 1 amide bonds. The van der Waals surface area contributed by atoms with Crippen LogP contribution in [0.3, 0.4) is 0 Å². The number of hydrogen-bond donors (Lipinski definition) is 1. The third kappa shape index (κ3) is 3.09. The standard InChI is InChI=1S/C15H19ClN2O3/c16-11-7-10(8-13-14(11)21-6-2-5-20-13)9-18-4-1-3-12(18)15(17)19/h7-8,12H,1-6,9H2,(H2,17,19)/t12-/m0/s1. The number of carbonyl (C=O) groups is 1. The van der Waals surface area contributed by atoms with Crippen molar-refractivity contribution in [2.75, 3.05) is 19.8 Å². The summed E-state index contributed by atoms with van der Waals surface area (Å²) < 4.78 is 11.3. The molecule has 0 spiro atoms. The van der Waals surface area contributed by atoms with Gasteiger partial charge in [-0.2, -0.15) is 0 Å². The molecule has 0 saturated carbocycles. The number of ether oxygens (including phenoxy) is 2. The van der Waals surface area contributed by atoms with Gasteiger partial charge in [0.15, 0.2) is 11.5 Å². The number of rotatable bonds is 3. The minimum Gasteiger partial charge on any atom is -0.489 e. The Labute approximate surface area is 128 Å². The van der Waals surface area contributed by atoms with Crippen molar-refractivity contribution in [3.63, 3.8) is 0 Å². The fourth-order valence-electron chi connectivity index (χ4n) is 2.95. The molecule has 1 atom stereocenters. The molecular weight excluding hydrogens is 292 g/mol. The topological polar surface area (TPSA) is 64.8 Å². The van der Waals surface area contributed by atoms with E-state index < -0.39 is 0 Å². The zero-order valence-corrected chi connectivity index (χ0v) is 12.6. The fraction of sp³-hybridized carbons (Fsp3) is 0.533. The van der Waals surface area contributed by atoms with Crippen LogP contribution < -0.4 is 15.2 Å². The second kappa shape index (κ2) is 6.12. The number of carbonyl (C=O) groups excluding carboxylic acids is 1. The minimum atomic E-state index is -0.257. The van der Waals surface area contributed by atoms with Crippen molar-refractivity contribution in [1.29, 1.82) is 0 Å². The van der Waals surface area contributed by atoms with E-state index in [1.807, 2.05) is 12.1 Å². The van der Waals surface area contributed by atoms with Crippen molar-refractivity contribution in [2.24, 2.45) is 5.73 Å². The van der Waals surface area contributed by atoms with Crippen LogP contribution in [0.15, 0.2) is 12.1 Å². The first kappa shape index (κ1) is 14.5. The van der Waals surface area contributed by atoms with Crippen LogP contribution in [0.4, 0.5) is 0 Å². The van der Waals surface area contributed by atoms with Crippen molar-refractivity contribution < 1.29 is 14.3 Å². The van der Waals surface area contributed by atoms with Crippen LogP contribution >= 0.6 is 11.6 Å². The molecule has 21 heavy (non-hydrogen) atoms. The number of fused-ring (bicyclic) bond motifs is 1. The smallest absolute Gasteiger partial charge is 0.234 e. The van der Waals surface area contributed by atoms with Gasteiger partial charge in [-0.1, -0.05) is 11.6 Å². The van der Waals surface area contributed by atoms with Gasteiger partial charge < -0.3 is 15.2 Å². The zero-order valence-electron chi connectivity index (χ0n) is 11.8. The van der Waals surface area contributed by atoms with E-state index in [2.05, 4.69) is 4.90 Å². The van der Waals surface area contributed by atoms with E-state index in [9.17, 15) is 4.79 Å². The van der Waals surface area contributed by atoms with Gasteiger partial charge in [0.05, 0.1) is 24.3 Å². The number of halogens is 1. The van der Waals surface area contributed by atoms with Crippen molar-refractivity contribution in [3.8, 4) is 11.5 Å². The van der Waals surface area contributed by atoms with E-state index in [-0.39, 0.29) is 11.9 Å². The van der Waals surface area contributed by atoms with E-state index in [0.717, 1.165) is 31.4 Å². The Hall–Kier alpha value is -1.46. The first-order valence-corrected chi connectivity index (χ1v) is 7.64.